The second kappa shape index (κ2) is 13.2. The summed E-state index contributed by atoms with van der Waals surface area (Å²) in [6, 6.07) is 2.93. The first-order chi connectivity index (χ1) is 18.6. The van der Waals surface area contributed by atoms with Crippen molar-refractivity contribution in [1.29, 1.82) is 0 Å². The molecule has 3 N–H and O–H groups in total. The quantitative estimate of drug-likeness (QED) is 0.0746. The van der Waals surface area contributed by atoms with Crippen LogP contribution in [0.25, 0.3) is 0 Å². The van der Waals surface area contributed by atoms with Crippen molar-refractivity contribution in [3.8, 4) is 0 Å². The number of methoxy groups -OCH3 is 1. The predicted molar refractivity (Wildman–Crippen MR) is 133 cm³/mol. The highest BCUT2D eigenvalue weighted by Gasteiger charge is 2.46. The van der Waals surface area contributed by atoms with E-state index >= 15 is 0 Å². The third kappa shape index (κ3) is 7.68. The summed E-state index contributed by atoms with van der Waals surface area (Å²) in [6.45, 7) is -0.947. The minimum atomic E-state index is -1.27. The average molecular weight is 583 g/mol. The van der Waals surface area contributed by atoms with Crippen molar-refractivity contribution < 1.29 is 43.2 Å². The van der Waals surface area contributed by atoms with Crippen LogP contribution in [-0.2, 0) is 44.9 Å². The second-order valence-electron chi connectivity index (χ2n) is 7.48. The number of hydrogen-bond donors (Lipinski definition) is 3. The van der Waals surface area contributed by atoms with Gasteiger partial charge in [0.15, 0.2) is 16.9 Å². The summed E-state index contributed by atoms with van der Waals surface area (Å²) >= 11 is 6.39. The van der Waals surface area contributed by atoms with Gasteiger partial charge in [0.25, 0.3) is 11.6 Å². The lowest BCUT2D eigenvalue weighted by Gasteiger charge is -2.34. The number of aromatic nitrogens is 1. The first-order valence-electron chi connectivity index (χ1n) is 10.7. The summed E-state index contributed by atoms with van der Waals surface area (Å²) in [7, 11) is 1.11. The first-order valence-corrected chi connectivity index (χ1v) is 12.1. The number of benzene rings is 1. The number of β-lactam (4-membered cyclic amide) rings is 1. The van der Waals surface area contributed by atoms with E-state index in [1.807, 2.05) is 0 Å². The molecule has 1 aromatic carbocycles. The van der Waals surface area contributed by atoms with E-state index in [0.29, 0.717) is 5.56 Å². The number of carbonyl (C=O) groups excluding carboxylic acids is 5. The lowest BCUT2D eigenvalue weighted by molar-refractivity contribution is -0.384. The van der Waals surface area contributed by atoms with Gasteiger partial charge in [0.05, 0.1) is 12.0 Å². The van der Waals surface area contributed by atoms with E-state index in [1.54, 1.807) is 0 Å². The van der Waals surface area contributed by atoms with Crippen LogP contribution in [0.3, 0.4) is 0 Å². The molecule has 2 atom stereocenters. The molecule has 18 heteroatoms. The van der Waals surface area contributed by atoms with Gasteiger partial charge in [-0.1, -0.05) is 5.16 Å². The van der Waals surface area contributed by atoms with E-state index in [4.69, 9.17) is 21.2 Å². The fourth-order valence-electron chi connectivity index (χ4n) is 2.93. The third-order valence-electron chi connectivity index (χ3n) is 4.87. The number of nitro benzene ring substituents is 1. The zero-order valence-electron chi connectivity index (χ0n) is 19.9. The molecule has 16 nitrogen and oxygen atoms in total. The first kappa shape index (κ1) is 28.9. The number of anilines is 1. The van der Waals surface area contributed by atoms with Gasteiger partial charge >= 0.3 is 11.9 Å². The smallest absolute Gasteiger partial charge is 0.347 e. The number of thiazole rings is 1. The van der Waals surface area contributed by atoms with Crippen molar-refractivity contribution in [2.75, 3.05) is 24.9 Å². The molecular weight excluding hydrogens is 564 g/mol. The van der Waals surface area contributed by atoms with Crippen molar-refractivity contribution in [3.05, 3.63) is 51.0 Å². The number of rotatable bonds is 12. The van der Waals surface area contributed by atoms with E-state index in [0.717, 1.165) is 18.4 Å². The standard InChI is InChI=1S/C21H19ClN6O10S/c1-36-20(33)17-16(19(32)26-17)25-18(31)15(12-9-39-21(23-12)24-13(29)6-22)27-38-8-14(30)37-7-10-2-4-11(5-3-10)28(34)35/h2-5,9,16-17H,6-8H2,1H3,(H,25,31)(H,26,32)(H,23,24,29)/t16-,17-/m0/s1. The summed E-state index contributed by atoms with van der Waals surface area (Å²) in [5.74, 6) is -4.20. The van der Waals surface area contributed by atoms with Crippen LogP contribution in [0.5, 0.6) is 0 Å². The van der Waals surface area contributed by atoms with Gasteiger partial charge in [-0.3, -0.25) is 24.5 Å². The van der Waals surface area contributed by atoms with Crippen molar-refractivity contribution in [1.82, 2.24) is 15.6 Å². The van der Waals surface area contributed by atoms with E-state index in [9.17, 15) is 34.1 Å². The molecule has 1 aliphatic rings. The number of alkyl halides is 1. The normalized spacial score (nSPS) is 16.3. The fourth-order valence-corrected chi connectivity index (χ4v) is 3.71. The van der Waals surface area contributed by atoms with Gasteiger partial charge < -0.3 is 30.3 Å². The van der Waals surface area contributed by atoms with Gasteiger partial charge in [-0.2, -0.15) is 0 Å². The lowest BCUT2D eigenvalue weighted by Crippen LogP contribution is -2.72. The van der Waals surface area contributed by atoms with Crippen LogP contribution in [0, 0.1) is 10.1 Å². The summed E-state index contributed by atoms with van der Waals surface area (Å²) in [6.07, 6.45) is 0. The van der Waals surface area contributed by atoms with Gasteiger partial charge in [0.1, 0.15) is 24.2 Å². The molecule has 0 spiro atoms. The number of oxime groups is 1. The number of hydrogen-bond acceptors (Lipinski definition) is 13. The molecule has 1 fully saturated rings. The maximum atomic E-state index is 12.9. The zero-order chi connectivity index (χ0) is 28.5. The molecule has 2 heterocycles. The Labute approximate surface area is 227 Å². The van der Waals surface area contributed by atoms with Gasteiger partial charge in [0, 0.05) is 17.5 Å². The lowest BCUT2D eigenvalue weighted by atomic mass is 9.99. The van der Waals surface area contributed by atoms with Crippen molar-refractivity contribution in [3.63, 3.8) is 0 Å². The molecular formula is C21H19ClN6O10S. The third-order valence-corrected chi connectivity index (χ3v) is 5.87. The number of nitrogens with zero attached hydrogens (tertiary/aromatic N) is 3. The Morgan fingerprint density at radius 1 is 1.26 bits per heavy atom. The highest BCUT2D eigenvalue weighted by atomic mass is 35.5. The summed E-state index contributed by atoms with van der Waals surface area (Å²) in [5, 5.41) is 22.8. The fraction of sp³-hybridized carbons (Fsp3) is 0.286. The van der Waals surface area contributed by atoms with Crippen LogP contribution < -0.4 is 16.0 Å². The molecule has 0 bridgehead atoms. The molecule has 0 radical (unpaired) electrons. The van der Waals surface area contributed by atoms with Crippen LogP contribution in [0.4, 0.5) is 10.8 Å². The Balaban J connectivity index is 1.67. The molecule has 39 heavy (non-hydrogen) atoms. The monoisotopic (exact) mass is 582 g/mol. The Kier molecular flexibility index (Phi) is 9.82. The summed E-state index contributed by atoms with van der Waals surface area (Å²) < 4.78 is 9.58. The van der Waals surface area contributed by atoms with E-state index in [2.05, 4.69) is 30.8 Å². The number of carbonyl (C=O) groups is 5. The van der Waals surface area contributed by atoms with Crippen molar-refractivity contribution in [2.24, 2.45) is 5.16 Å². The number of halogens is 1. The van der Waals surface area contributed by atoms with Crippen molar-refractivity contribution >= 4 is 69.1 Å². The van der Waals surface area contributed by atoms with E-state index < -0.39 is 59.0 Å². The summed E-state index contributed by atoms with van der Waals surface area (Å²) in [4.78, 5) is 79.4. The van der Waals surface area contributed by atoms with Crippen LogP contribution in [0.2, 0.25) is 0 Å². The zero-order valence-corrected chi connectivity index (χ0v) is 21.4. The minimum absolute atomic E-state index is 0.0764. The summed E-state index contributed by atoms with van der Waals surface area (Å²) in [5.41, 5.74) is -0.219. The molecule has 0 saturated carbocycles. The van der Waals surface area contributed by atoms with Gasteiger partial charge in [-0.05, 0) is 17.7 Å². The highest BCUT2D eigenvalue weighted by molar-refractivity contribution is 7.14. The minimum Gasteiger partial charge on any atom is -0.467 e. The highest BCUT2D eigenvalue weighted by Crippen LogP contribution is 2.18. The van der Waals surface area contributed by atoms with Gasteiger partial charge in [-0.15, -0.1) is 22.9 Å². The Hall–Kier alpha value is -4.64. The largest absolute Gasteiger partial charge is 0.467 e. The number of ether oxygens (including phenoxy) is 2. The number of nitro groups is 1. The van der Waals surface area contributed by atoms with Crippen LogP contribution >= 0.6 is 22.9 Å². The van der Waals surface area contributed by atoms with Gasteiger partial charge in [0.2, 0.25) is 18.4 Å². The number of amides is 3. The van der Waals surface area contributed by atoms with Crippen LogP contribution in [0.15, 0.2) is 34.8 Å². The Morgan fingerprint density at radius 3 is 2.59 bits per heavy atom. The van der Waals surface area contributed by atoms with Crippen molar-refractivity contribution in [2.45, 2.75) is 18.7 Å². The maximum Gasteiger partial charge on any atom is 0.347 e. The molecule has 1 saturated heterocycles. The number of nitrogens with one attached hydrogen (secondary N) is 3. The molecule has 3 rings (SSSR count). The van der Waals surface area contributed by atoms with Gasteiger partial charge in [-0.25, -0.2) is 14.6 Å². The molecule has 2 aromatic rings. The number of esters is 2. The molecule has 1 aliphatic heterocycles. The second-order valence-corrected chi connectivity index (χ2v) is 8.60. The Bertz CT molecular complexity index is 1310. The topological polar surface area (TPSA) is 218 Å². The SMILES string of the molecule is COC(=O)[C@H]1NC(=O)[C@H]1NC(=O)C(=NOCC(=O)OCc1ccc([N+](=O)[O-])cc1)c1csc(NC(=O)CCl)n1. The molecule has 0 unspecified atom stereocenters. The van der Waals surface area contributed by atoms with Crippen LogP contribution in [0.1, 0.15) is 11.3 Å². The van der Waals surface area contributed by atoms with E-state index in [1.165, 1.54) is 29.6 Å². The molecule has 3 amide bonds. The average Bonchev–Trinajstić information content (AvgIpc) is 3.38. The van der Waals surface area contributed by atoms with Crippen LogP contribution in [-0.4, -0.2) is 77.0 Å². The van der Waals surface area contributed by atoms with E-state index in [-0.39, 0.29) is 29.0 Å². The predicted octanol–water partition coefficient (Wildman–Crippen LogP) is -0.151. The maximum absolute atomic E-state index is 12.9. The Morgan fingerprint density at radius 2 is 1.97 bits per heavy atom. The number of non-ortho nitro benzene ring substituents is 1. The molecule has 206 valence electrons. The molecule has 1 aromatic heterocycles. The molecule has 0 aliphatic carbocycles.